The highest BCUT2D eigenvalue weighted by atomic mass is 79.9. The van der Waals surface area contributed by atoms with Gasteiger partial charge in [-0.05, 0) is 63.6 Å². The minimum atomic E-state index is 0.524. The summed E-state index contributed by atoms with van der Waals surface area (Å²) in [5.41, 5.74) is 1.52. The Morgan fingerprint density at radius 1 is 1.24 bits per heavy atom. The molecular formula is C18H24BrNS. The lowest BCUT2D eigenvalue weighted by Crippen LogP contribution is -2.28. The van der Waals surface area contributed by atoms with Gasteiger partial charge >= 0.3 is 0 Å². The fourth-order valence-corrected chi connectivity index (χ4v) is 5.34. The summed E-state index contributed by atoms with van der Waals surface area (Å²) in [5, 5.41) is 7.60. The van der Waals surface area contributed by atoms with E-state index in [0.29, 0.717) is 6.04 Å². The molecule has 3 heteroatoms. The highest BCUT2D eigenvalue weighted by Crippen LogP contribution is 2.40. The van der Waals surface area contributed by atoms with Gasteiger partial charge in [-0.3, -0.25) is 0 Å². The lowest BCUT2D eigenvalue weighted by atomic mass is 9.87. The number of halogens is 1. The van der Waals surface area contributed by atoms with Gasteiger partial charge in [0, 0.05) is 15.2 Å². The van der Waals surface area contributed by atoms with Crippen molar-refractivity contribution in [2.24, 2.45) is 5.92 Å². The van der Waals surface area contributed by atoms with Crippen molar-refractivity contribution in [3.8, 4) is 0 Å². The first kappa shape index (κ1) is 15.5. The molecule has 1 nitrogen and oxygen atoms in total. The van der Waals surface area contributed by atoms with Crippen LogP contribution in [0.15, 0.2) is 28.1 Å². The van der Waals surface area contributed by atoms with E-state index < -0.39 is 0 Å². The third kappa shape index (κ3) is 3.35. The molecule has 21 heavy (non-hydrogen) atoms. The van der Waals surface area contributed by atoms with Crippen molar-refractivity contribution >= 4 is 37.4 Å². The number of thiophene rings is 1. The fraction of sp³-hybridized carbons (Fsp3) is 0.556. The van der Waals surface area contributed by atoms with Crippen molar-refractivity contribution in [1.29, 1.82) is 0 Å². The van der Waals surface area contributed by atoms with Crippen molar-refractivity contribution < 1.29 is 0 Å². The topological polar surface area (TPSA) is 12.0 Å². The molecule has 1 aliphatic rings. The molecule has 2 aromatic rings. The van der Waals surface area contributed by atoms with Gasteiger partial charge < -0.3 is 5.32 Å². The van der Waals surface area contributed by atoms with E-state index in [1.165, 1.54) is 58.6 Å². The largest absolute Gasteiger partial charge is 0.310 e. The van der Waals surface area contributed by atoms with E-state index in [4.69, 9.17) is 0 Å². The molecule has 0 radical (unpaired) electrons. The van der Waals surface area contributed by atoms with Crippen molar-refractivity contribution in [3.63, 3.8) is 0 Å². The van der Waals surface area contributed by atoms with Crippen LogP contribution in [0.3, 0.4) is 0 Å². The smallest absolute Gasteiger partial charge is 0.0488 e. The Morgan fingerprint density at radius 3 is 2.71 bits per heavy atom. The molecule has 1 aliphatic carbocycles. The van der Waals surface area contributed by atoms with E-state index >= 15 is 0 Å². The summed E-state index contributed by atoms with van der Waals surface area (Å²) in [5.74, 6) is 0.796. The van der Waals surface area contributed by atoms with Crippen LogP contribution in [-0.4, -0.2) is 6.54 Å². The third-order valence-corrected chi connectivity index (χ3v) is 6.68. The number of rotatable bonds is 4. The molecule has 1 heterocycles. The fourth-order valence-electron chi connectivity index (χ4n) is 3.68. The van der Waals surface area contributed by atoms with E-state index in [0.717, 1.165) is 12.5 Å². The lowest BCUT2D eigenvalue weighted by molar-refractivity contribution is 0.332. The Bertz CT molecular complexity index is 584. The number of hydrogen-bond donors (Lipinski definition) is 1. The molecule has 1 saturated carbocycles. The second kappa shape index (κ2) is 7.26. The van der Waals surface area contributed by atoms with E-state index in [1.807, 2.05) is 11.3 Å². The van der Waals surface area contributed by atoms with Crippen LogP contribution in [0.1, 0.15) is 57.1 Å². The van der Waals surface area contributed by atoms with Crippen molar-refractivity contribution in [2.75, 3.05) is 6.54 Å². The Balaban J connectivity index is 1.96. The molecule has 0 amide bonds. The minimum absolute atomic E-state index is 0.524. The van der Waals surface area contributed by atoms with Crippen LogP contribution in [0.25, 0.3) is 10.1 Å². The van der Waals surface area contributed by atoms with Crippen LogP contribution in [-0.2, 0) is 0 Å². The SMILES string of the molecule is CCNC(c1csc2c(Br)cccc12)C1CCCCCC1. The predicted octanol–water partition coefficient (Wildman–Crippen LogP) is 6.28. The molecule has 0 spiro atoms. The van der Waals surface area contributed by atoms with Crippen LogP contribution in [0, 0.1) is 5.92 Å². The van der Waals surface area contributed by atoms with Gasteiger partial charge in [-0.2, -0.15) is 0 Å². The summed E-state index contributed by atoms with van der Waals surface area (Å²) in [6, 6.07) is 7.12. The molecule has 0 aliphatic heterocycles. The van der Waals surface area contributed by atoms with Crippen LogP contribution in [0.5, 0.6) is 0 Å². The predicted molar refractivity (Wildman–Crippen MR) is 97.1 cm³/mol. The first-order valence-corrected chi connectivity index (χ1v) is 9.87. The quantitative estimate of drug-likeness (QED) is 0.628. The zero-order valence-corrected chi connectivity index (χ0v) is 15.1. The molecule has 1 atom stereocenters. The average Bonchev–Trinajstić information content (AvgIpc) is 2.74. The zero-order chi connectivity index (χ0) is 14.7. The van der Waals surface area contributed by atoms with Crippen LogP contribution in [0.4, 0.5) is 0 Å². The maximum Gasteiger partial charge on any atom is 0.0488 e. The summed E-state index contributed by atoms with van der Waals surface area (Å²) in [4.78, 5) is 0. The van der Waals surface area contributed by atoms with Crippen molar-refractivity contribution in [2.45, 2.75) is 51.5 Å². The molecule has 1 aromatic carbocycles. The highest BCUT2D eigenvalue weighted by molar-refractivity contribution is 9.10. The molecule has 1 N–H and O–H groups in total. The summed E-state index contributed by atoms with van der Waals surface area (Å²) in [7, 11) is 0. The van der Waals surface area contributed by atoms with E-state index in [-0.39, 0.29) is 0 Å². The summed E-state index contributed by atoms with van der Waals surface area (Å²) in [6.45, 7) is 3.28. The maximum atomic E-state index is 3.79. The maximum absolute atomic E-state index is 3.79. The molecule has 1 unspecified atom stereocenters. The van der Waals surface area contributed by atoms with Gasteiger partial charge in [0.15, 0.2) is 0 Å². The molecule has 1 fully saturated rings. The second-order valence-corrected chi connectivity index (χ2v) is 7.83. The van der Waals surface area contributed by atoms with Crippen LogP contribution < -0.4 is 5.32 Å². The third-order valence-electron chi connectivity index (χ3n) is 4.71. The van der Waals surface area contributed by atoms with Gasteiger partial charge in [-0.15, -0.1) is 11.3 Å². The van der Waals surface area contributed by atoms with E-state index in [9.17, 15) is 0 Å². The molecule has 3 rings (SSSR count). The van der Waals surface area contributed by atoms with E-state index in [2.05, 4.69) is 51.7 Å². The number of fused-ring (bicyclic) bond motifs is 1. The van der Waals surface area contributed by atoms with Crippen molar-refractivity contribution in [3.05, 3.63) is 33.6 Å². The summed E-state index contributed by atoms with van der Waals surface area (Å²) >= 11 is 5.57. The monoisotopic (exact) mass is 365 g/mol. The van der Waals surface area contributed by atoms with Gasteiger partial charge in [0.2, 0.25) is 0 Å². The molecular weight excluding hydrogens is 342 g/mol. The number of benzene rings is 1. The van der Waals surface area contributed by atoms with Gasteiger partial charge in [0.05, 0.1) is 0 Å². The summed E-state index contributed by atoms with van der Waals surface area (Å²) < 4.78 is 2.62. The van der Waals surface area contributed by atoms with Gasteiger partial charge in [0.25, 0.3) is 0 Å². The molecule has 114 valence electrons. The Kier molecular flexibility index (Phi) is 5.36. The molecule has 0 bridgehead atoms. The van der Waals surface area contributed by atoms with Crippen LogP contribution >= 0.6 is 27.3 Å². The molecule has 1 aromatic heterocycles. The Labute approximate surface area is 140 Å². The Hall–Kier alpha value is -0.380. The summed E-state index contributed by atoms with van der Waals surface area (Å²) in [6.07, 6.45) is 8.40. The van der Waals surface area contributed by atoms with Crippen molar-refractivity contribution in [1.82, 2.24) is 5.32 Å². The van der Waals surface area contributed by atoms with E-state index in [1.54, 1.807) is 0 Å². The Morgan fingerprint density at radius 2 is 2.00 bits per heavy atom. The normalized spacial score (nSPS) is 18.8. The number of hydrogen-bond acceptors (Lipinski definition) is 2. The first-order valence-electron chi connectivity index (χ1n) is 8.20. The highest BCUT2D eigenvalue weighted by Gasteiger charge is 2.25. The number of nitrogens with one attached hydrogen (secondary N) is 1. The first-order chi connectivity index (χ1) is 10.3. The standard InChI is InChI=1S/C18H24BrNS/c1-2-20-17(13-8-5-3-4-6-9-13)15-12-21-18-14(15)10-7-11-16(18)19/h7,10-13,17,20H,2-6,8-9H2,1H3. The van der Waals surface area contributed by atoms with Gasteiger partial charge in [-0.1, -0.05) is 44.7 Å². The average molecular weight is 366 g/mol. The van der Waals surface area contributed by atoms with Gasteiger partial charge in [-0.25, -0.2) is 0 Å². The second-order valence-electron chi connectivity index (χ2n) is 6.09. The lowest BCUT2D eigenvalue weighted by Gasteiger charge is -2.27. The van der Waals surface area contributed by atoms with Crippen LogP contribution in [0.2, 0.25) is 0 Å². The zero-order valence-electron chi connectivity index (χ0n) is 12.7. The molecule has 0 saturated heterocycles. The van der Waals surface area contributed by atoms with Gasteiger partial charge in [0.1, 0.15) is 0 Å². The minimum Gasteiger partial charge on any atom is -0.310 e.